The molecule has 1 aromatic carbocycles. The van der Waals surface area contributed by atoms with Crippen LogP contribution in [0.5, 0.6) is 0 Å². The van der Waals surface area contributed by atoms with E-state index in [1.165, 1.54) is 28.0 Å². The second kappa shape index (κ2) is 7.52. The molecule has 1 aliphatic heterocycles. The number of aromatic amines is 1. The van der Waals surface area contributed by atoms with Gasteiger partial charge in [0.2, 0.25) is 5.91 Å². The monoisotopic (exact) mass is 368 g/mol. The largest absolute Gasteiger partial charge is 0.339 e. The summed E-state index contributed by atoms with van der Waals surface area (Å²) >= 11 is 0. The second-order valence-corrected chi connectivity index (χ2v) is 7.32. The number of benzene rings is 1. The first-order valence-corrected chi connectivity index (χ1v) is 9.48. The Kier molecular flexibility index (Phi) is 4.94. The van der Waals surface area contributed by atoms with Crippen molar-refractivity contribution < 1.29 is 4.79 Å². The standard InChI is InChI=1S/C20H24N4O3/c25-18-7-8-24(20(27)21-18)14-19(26)23-11-9-22(10-12-23)17-6-5-15-3-1-2-4-16(15)13-17/h1-4,7-8,17H,5-6,9-14H2,(H,21,25,27)/t17-/m0/s1. The third-order valence-electron chi connectivity index (χ3n) is 5.71. The van der Waals surface area contributed by atoms with Crippen molar-refractivity contribution in [2.24, 2.45) is 0 Å². The molecular weight excluding hydrogens is 344 g/mol. The average Bonchev–Trinajstić information content (AvgIpc) is 2.70. The molecule has 0 spiro atoms. The van der Waals surface area contributed by atoms with E-state index >= 15 is 0 Å². The molecule has 0 radical (unpaired) electrons. The number of H-pyrrole nitrogens is 1. The van der Waals surface area contributed by atoms with Crippen LogP contribution < -0.4 is 11.2 Å². The second-order valence-electron chi connectivity index (χ2n) is 7.32. The first-order valence-electron chi connectivity index (χ1n) is 9.48. The SMILES string of the molecule is O=C(Cn1ccc(=O)[nH]c1=O)N1CCN([C@H]2CCc3ccccc3C2)CC1. The molecule has 1 aromatic heterocycles. The topological polar surface area (TPSA) is 78.4 Å². The van der Waals surface area contributed by atoms with E-state index in [4.69, 9.17) is 0 Å². The van der Waals surface area contributed by atoms with E-state index in [2.05, 4.69) is 34.1 Å². The maximum absolute atomic E-state index is 12.5. The number of aryl methyl sites for hydroxylation is 1. The number of carbonyl (C=O) groups excluding carboxylic acids is 1. The predicted octanol–water partition coefficient (Wildman–Crippen LogP) is 0.238. The fraction of sp³-hybridized carbons (Fsp3) is 0.450. The third kappa shape index (κ3) is 3.88. The number of nitrogens with one attached hydrogen (secondary N) is 1. The summed E-state index contributed by atoms with van der Waals surface area (Å²) in [6.07, 6.45) is 4.73. The summed E-state index contributed by atoms with van der Waals surface area (Å²) in [4.78, 5) is 41.9. The molecule has 1 saturated heterocycles. The number of fused-ring (bicyclic) bond motifs is 1. The molecule has 7 nitrogen and oxygen atoms in total. The third-order valence-corrected chi connectivity index (χ3v) is 5.71. The normalized spacial score (nSPS) is 20.3. The fourth-order valence-electron chi connectivity index (χ4n) is 4.14. The van der Waals surface area contributed by atoms with Gasteiger partial charge in [-0.3, -0.25) is 24.0 Å². The molecule has 27 heavy (non-hydrogen) atoms. The summed E-state index contributed by atoms with van der Waals surface area (Å²) < 4.78 is 1.24. The molecule has 0 bridgehead atoms. The van der Waals surface area contributed by atoms with Crippen LogP contribution in [-0.2, 0) is 24.2 Å². The zero-order valence-corrected chi connectivity index (χ0v) is 15.3. The summed E-state index contributed by atoms with van der Waals surface area (Å²) in [6.45, 7) is 3.04. The minimum atomic E-state index is -0.546. The van der Waals surface area contributed by atoms with Crippen LogP contribution in [0.25, 0.3) is 0 Å². The molecule has 7 heteroatoms. The van der Waals surface area contributed by atoms with Crippen molar-refractivity contribution in [3.63, 3.8) is 0 Å². The highest BCUT2D eigenvalue weighted by molar-refractivity contribution is 5.76. The maximum atomic E-state index is 12.5. The van der Waals surface area contributed by atoms with Gasteiger partial charge in [0.25, 0.3) is 5.56 Å². The van der Waals surface area contributed by atoms with Crippen LogP contribution in [0.15, 0.2) is 46.1 Å². The van der Waals surface area contributed by atoms with Crippen LogP contribution in [0.1, 0.15) is 17.5 Å². The first-order chi connectivity index (χ1) is 13.1. The van der Waals surface area contributed by atoms with E-state index in [9.17, 15) is 14.4 Å². The highest BCUT2D eigenvalue weighted by atomic mass is 16.2. The number of nitrogens with zero attached hydrogens (tertiary/aromatic N) is 3. The van der Waals surface area contributed by atoms with E-state index in [0.29, 0.717) is 19.1 Å². The molecule has 2 heterocycles. The van der Waals surface area contributed by atoms with Crippen LogP contribution >= 0.6 is 0 Å². The Morgan fingerprint density at radius 2 is 1.78 bits per heavy atom. The molecule has 1 N–H and O–H groups in total. The van der Waals surface area contributed by atoms with Crippen LogP contribution in [0.4, 0.5) is 0 Å². The van der Waals surface area contributed by atoms with Crippen molar-refractivity contribution in [3.05, 3.63) is 68.5 Å². The van der Waals surface area contributed by atoms with Crippen LogP contribution in [0.3, 0.4) is 0 Å². The Morgan fingerprint density at radius 3 is 2.52 bits per heavy atom. The van der Waals surface area contributed by atoms with E-state index in [1.54, 1.807) is 0 Å². The van der Waals surface area contributed by atoms with Crippen LogP contribution in [0, 0.1) is 0 Å². The summed E-state index contributed by atoms with van der Waals surface area (Å²) in [5.74, 6) is -0.0854. The molecule has 1 atom stereocenters. The summed E-state index contributed by atoms with van der Waals surface area (Å²) in [5, 5.41) is 0. The highest BCUT2D eigenvalue weighted by Gasteiger charge is 2.28. The quantitative estimate of drug-likeness (QED) is 0.842. The van der Waals surface area contributed by atoms with Crippen molar-refractivity contribution >= 4 is 5.91 Å². The van der Waals surface area contributed by atoms with Gasteiger partial charge in [-0.15, -0.1) is 0 Å². The number of hydrogen-bond acceptors (Lipinski definition) is 4. The number of amides is 1. The van der Waals surface area contributed by atoms with Gasteiger partial charge in [-0.1, -0.05) is 24.3 Å². The number of rotatable bonds is 3. The first kappa shape index (κ1) is 17.7. The van der Waals surface area contributed by atoms with Crippen molar-refractivity contribution in [3.8, 4) is 0 Å². The van der Waals surface area contributed by atoms with E-state index in [-0.39, 0.29) is 12.5 Å². The van der Waals surface area contributed by atoms with Gasteiger partial charge in [0.1, 0.15) is 6.54 Å². The predicted molar refractivity (Wildman–Crippen MR) is 102 cm³/mol. The smallest absolute Gasteiger partial charge is 0.328 e. The lowest BCUT2D eigenvalue weighted by atomic mass is 9.87. The van der Waals surface area contributed by atoms with Crippen LogP contribution in [0.2, 0.25) is 0 Å². The number of carbonyl (C=O) groups is 1. The van der Waals surface area contributed by atoms with E-state index in [1.807, 2.05) is 4.90 Å². The Balaban J connectivity index is 1.33. The summed E-state index contributed by atoms with van der Waals surface area (Å²) in [6, 6.07) is 10.5. The lowest BCUT2D eigenvalue weighted by Gasteiger charge is -2.41. The summed E-state index contributed by atoms with van der Waals surface area (Å²) in [7, 11) is 0. The Bertz CT molecular complexity index is 940. The lowest BCUT2D eigenvalue weighted by Crippen LogP contribution is -2.53. The van der Waals surface area contributed by atoms with Gasteiger partial charge in [0.05, 0.1) is 0 Å². The molecule has 4 rings (SSSR count). The van der Waals surface area contributed by atoms with Crippen molar-refractivity contribution in [2.75, 3.05) is 26.2 Å². The van der Waals surface area contributed by atoms with Crippen molar-refractivity contribution in [1.29, 1.82) is 0 Å². The molecule has 1 aliphatic carbocycles. The van der Waals surface area contributed by atoms with Gasteiger partial charge in [0, 0.05) is 44.5 Å². The van der Waals surface area contributed by atoms with Crippen molar-refractivity contribution in [1.82, 2.24) is 19.4 Å². The molecule has 2 aromatic rings. The minimum Gasteiger partial charge on any atom is -0.339 e. The Hall–Kier alpha value is -2.67. The number of piperazine rings is 1. The maximum Gasteiger partial charge on any atom is 0.328 e. The Labute approximate surface area is 157 Å². The van der Waals surface area contributed by atoms with E-state index < -0.39 is 11.2 Å². The fourth-order valence-corrected chi connectivity index (χ4v) is 4.14. The zero-order chi connectivity index (χ0) is 18.8. The van der Waals surface area contributed by atoms with Gasteiger partial charge in [-0.25, -0.2) is 4.79 Å². The lowest BCUT2D eigenvalue weighted by molar-refractivity contribution is -0.134. The molecular formula is C20H24N4O3. The molecule has 0 saturated carbocycles. The van der Waals surface area contributed by atoms with Crippen LogP contribution in [-0.4, -0.2) is 57.5 Å². The average molecular weight is 368 g/mol. The van der Waals surface area contributed by atoms with Gasteiger partial charge >= 0.3 is 5.69 Å². The summed E-state index contributed by atoms with van der Waals surface area (Å²) in [5.41, 5.74) is 1.92. The van der Waals surface area contributed by atoms with Gasteiger partial charge in [-0.05, 0) is 30.4 Å². The molecule has 142 valence electrons. The molecule has 0 unspecified atom stereocenters. The van der Waals surface area contributed by atoms with E-state index in [0.717, 1.165) is 32.4 Å². The number of hydrogen-bond donors (Lipinski definition) is 1. The molecule has 2 aliphatic rings. The zero-order valence-electron chi connectivity index (χ0n) is 15.3. The highest BCUT2D eigenvalue weighted by Crippen LogP contribution is 2.25. The van der Waals surface area contributed by atoms with Crippen molar-refractivity contribution in [2.45, 2.75) is 31.8 Å². The molecule has 1 amide bonds. The van der Waals surface area contributed by atoms with Gasteiger partial charge in [0.15, 0.2) is 0 Å². The minimum absolute atomic E-state index is 0.0353. The molecule has 1 fully saturated rings. The van der Waals surface area contributed by atoms with Gasteiger partial charge < -0.3 is 4.90 Å². The van der Waals surface area contributed by atoms with Gasteiger partial charge in [-0.2, -0.15) is 0 Å². The number of aromatic nitrogens is 2. The Morgan fingerprint density at radius 1 is 1.04 bits per heavy atom.